The van der Waals surface area contributed by atoms with Gasteiger partial charge in [0.05, 0.1) is 11.0 Å². The number of benzene rings is 2. The van der Waals surface area contributed by atoms with Crippen LogP contribution in [0, 0.1) is 0 Å². The van der Waals surface area contributed by atoms with Crippen molar-refractivity contribution < 1.29 is 13.2 Å². The van der Waals surface area contributed by atoms with Gasteiger partial charge in [-0.3, -0.25) is 4.72 Å². The van der Waals surface area contributed by atoms with Crippen LogP contribution in [0.3, 0.4) is 0 Å². The van der Waals surface area contributed by atoms with Crippen molar-refractivity contribution in [2.45, 2.75) is 50.5 Å². The minimum atomic E-state index is -3.62. The standard InChI is InChI=1S/C21H28N2O3S/c1-3-23(4-2)18-11-9-17(10-12-18)22-27(24,25)21-15-13-20(14-16-21)26-19-7-5-6-8-19/h9-16,19,22H,3-8H2,1-2H3. The van der Waals surface area contributed by atoms with Gasteiger partial charge in [0.1, 0.15) is 5.75 Å². The zero-order valence-electron chi connectivity index (χ0n) is 16.0. The Morgan fingerprint density at radius 1 is 0.963 bits per heavy atom. The first-order valence-corrected chi connectivity index (χ1v) is 11.1. The molecule has 1 aliphatic rings. The summed E-state index contributed by atoms with van der Waals surface area (Å²) in [6, 6.07) is 14.1. The van der Waals surface area contributed by atoms with Gasteiger partial charge in [-0.1, -0.05) is 0 Å². The molecule has 0 bridgehead atoms. The monoisotopic (exact) mass is 388 g/mol. The lowest BCUT2D eigenvalue weighted by molar-refractivity contribution is 0.210. The van der Waals surface area contributed by atoms with Crippen LogP contribution >= 0.6 is 0 Å². The van der Waals surface area contributed by atoms with Gasteiger partial charge < -0.3 is 9.64 Å². The number of hydrogen-bond donors (Lipinski definition) is 1. The number of anilines is 2. The third-order valence-corrected chi connectivity index (χ3v) is 6.38. The average molecular weight is 389 g/mol. The van der Waals surface area contributed by atoms with E-state index in [0.29, 0.717) is 5.69 Å². The van der Waals surface area contributed by atoms with Gasteiger partial charge in [-0.15, -0.1) is 0 Å². The van der Waals surface area contributed by atoms with Crippen LogP contribution in [0.15, 0.2) is 53.4 Å². The van der Waals surface area contributed by atoms with Gasteiger partial charge in [-0.05, 0) is 88.1 Å². The summed E-state index contributed by atoms with van der Waals surface area (Å²) in [5.41, 5.74) is 1.63. The van der Waals surface area contributed by atoms with Crippen molar-refractivity contribution >= 4 is 21.4 Å². The van der Waals surface area contributed by atoms with Gasteiger partial charge in [0.2, 0.25) is 0 Å². The summed E-state index contributed by atoms with van der Waals surface area (Å²) in [4.78, 5) is 2.44. The number of hydrogen-bond acceptors (Lipinski definition) is 4. The van der Waals surface area contributed by atoms with Crippen LogP contribution in [0.2, 0.25) is 0 Å². The van der Waals surface area contributed by atoms with Crippen molar-refractivity contribution in [2.24, 2.45) is 0 Å². The number of nitrogens with one attached hydrogen (secondary N) is 1. The van der Waals surface area contributed by atoms with E-state index in [2.05, 4.69) is 23.5 Å². The number of rotatable bonds is 8. The van der Waals surface area contributed by atoms with E-state index in [1.54, 1.807) is 36.4 Å². The fraction of sp³-hybridized carbons (Fsp3) is 0.429. The van der Waals surface area contributed by atoms with E-state index in [1.165, 1.54) is 12.8 Å². The minimum absolute atomic E-state index is 0.231. The first-order chi connectivity index (χ1) is 13.0. The zero-order valence-corrected chi connectivity index (χ0v) is 16.8. The summed E-state index contributed by atoms with van der Waals surface area (Å²) in [5, 5.41) is 0. The third kappa shape index (κ3) is 4.95. The fourth-order valence-corrected chi connectivity index (χ4v) is 4.50. The second-order valence-corrected chi connectivity index (χ2v) is 8.50. The Morgan fingerprint density at radius 2 is 1.56 bits per heavy atom. The highest BCUT2D eigenvalue weighted by atomic mass is 32.2. The maximum absolute atomic E-state index is 12.6. The first-order valence-electron chi connectivity index (χ1n) is 9.66. The summed E-state index contributed by atoms with van der Waals surface area (Å²) in [7, 11) is -3.62. The summed E-state index contributed by atoms with van der Waals surface area (Å²) in [6.45, 7) is 6.02. The molecule has 0 radical (unpaired) electrons. The molecule has 0 spiro atoms. The van der Waals surface area contributed by atoms with E-state index in [9.17, 15) is 8.42 Å². The smallest absolute Gasteiger partial charge is 0.261 e. The molecule has 0 atom stereocenters. The summed E-state index contributed by atoms with van der Waals surface area (Å²) < 4.78 is 33.8. The summed E-state index contributed by atoms with van der Waals surface area (Å²) >= 11 is 0. The number of nitrogens with zero attached hydrogens (tertiary/aromatic N) is 1. The lowest BCUT2D eigenvalue weighted by Gasteiger charge is -2.21. The molecular formula is C21H28N2O3S. The second kappa shape index (κ2) is 8.65. The third-order valence-electron chi connectivity index (χ3n) is 4.99. The molecule has 146 valence electrons. The molecule has 1 fully saturated rings. The molecular weight excluding hydrogens is 360 g/mol. The van der Waals surface area contributed by atoms with Crippen LogP contribution in [-0.4, -0.2) is 27.6 Å². The van der Waals surface area contributed by atoms with E-state index in [-0.39, 0.29) is 11.0 Å². The van der Waals surface area contributed by atoms with Gasteiger partial charge in [-0.25, -0.2) is 8.42 Å². The maximum Gasteiger partial charge on any atom is 0.261 e. The molecule has 3 rings (SSSR count). The van der Waals surface area contributed by atoms with Crippen molar-refractivity contribution in [3.8, 4) is 5.75 Å². The normalized spacial score (nSPS) is 14.9. The molecule has 0 saturated heterocycles. The zero-order chi connectivity index (χ0) is 19.3. The predicted octanol–water partition coefficient (Wildman–Crippen LogP) is 4.66. The molecule has 1 saturated carbocycles. The first kappa shape index (κ1) is 19.5. The van der Waals surface area contributed by atoms with Crippen LogP contribution < -0.4 is 14.4 Å². The molecule has 0 heterocycles. The molecule has 6 heteroatoms. The summed E-state index contributed by atoms with van der Waals surface area (Å²) in [5.74, 6) is 0.726. The van der Waals surface area contributed by atoms with E-state index in [1.807, 2.05) is 12.1 Å². The Balaban J connectivity index is 1.67. The van der Waals surface area contributed by atoms with Crippen LogP contribution in [0.5, 0.6) is 5.75 Å². The molecule has 1 aliphatic carbocycles. The molecule has 5 nitrogen and oxygen atoms in total. The van der Waals surface area contributed by atoms with E-state index >= 15 is 0 Å². The Bertz CT molecular complexity index is 823. The van der Waals surface area contributed by atoms with Crippen molar-refractivity contribution in [1.29, 1.82) is 0 Å². The molecule has 1 N–H and O–H groups in total. The van der Waals surface area contributed by atoms with Crippen LogP contribution in [0.1, 0.15) is 39.5 Å². The topological polar surface area (TPSA) is 58.6 Å². The van der Waals surface area contributed by atoms with E-state index in [4.69, 9.17) is 4.74 Å². The van der Waals surface area contributed by atoms with Gasteiger partial charge >= 0.3 is 0 Å². The van der Waals surface area contributed by atoms with E-state index < -0.39 is 10.0 Å². The highest BCUT2D eigenvalue weighted by Gasteiger charge is 2.18. The molecule has 0 aliphatic heterocycles. The van der Waals surface area contributed by atoms with Gasteiger partial charge in [0.25, 0.3) is 10.0 Å². The molecule has 0 unspecified atom stereocenters. The van der Waals surface area contributed by atoms with Crippen LogP contribution in [0.25, 0.3) is 0 Å². The van der Waals surface area contributed by atoms with Crippen molar-refractivity contribution in [2.75, 3.05) is 22.7 Å². The Labute approximate surface area is 162 Å². The highest BCUT2D eigenvalue weighted by molar-refractivity contribution is 7.92. The highest BCUT2D eigenvalue weighted by Crippen LogP contribution is 2.26. The number of ether oxygens (including phenoxy) is 1. The fourth-order valence-electron chi connectivity index (χ4n) is 3.44. The SMILES string of the molecule is CCN(CC)c1ccc(NS(=O)(=O)c2ccc(OC3CCCC3)cc2)cc1. The van der Waals surface area contributed by atoms with Crippen LogP contribution in [0.4, 0.5) is 11.4 Å². The molecule has 27 heavy (non-hydrogen) atoms. The van der Waals surface area contributed by atoms with Gasteiger partial charge in [0.15, 0.2) is 0 Å². The largest absolute Gasteiger partial charge is 0.490 e. The quantitative estimate of drug-likeness (QED) is 0.715. The lowest BCUT2D eigenvalue weighted by atomic mass is 10.2. The Kier molecular flexibility index (Phi) is 6.26. The van der Waals surface area contributed by atoms with Crippen LogP contribution in [-0.2, 0) is 10.0 Å². The van der Waals surface area contributed by atoms with Crippen molar-refractivity contribution in [3.05, 3.63) is 48.5 Å². The molecule has 0 aromatic heterocycles. The Hall–Kier alpha value is -2.21. The minimum Gasteiger partial charge on any atom is -0.490 e. The molecule has 2 aromatic rings. The van der Waals surface area contributed by atoms with Gasteiger partial charge in [0, 0.05) is 24.5 Å². The summed E-state index contributed by atoms with van der Waals surface area (Å²) in [6.07, 6.45) is 4.81. The lowest BCUT2D eigenvalue weighted by Crippen LogP contribution is -2.21. The van der Waals surface area contributed by atoms with E-state index in [0.717, 1.165) is 37.4 Å². The maximum atomic E-state index is 12.6. The van der Waals surface area contributed by atoms with Crippen molar-refractivity contribution in [1.82, 2.24) is 0 Å². The molecule has 0 amide bonds. The molecule has 2 aromatic carbocycles. The Morgan fingerprint density at radius 3 is 2.11 bits per heavy atom. The average Bonchev–Trinajstić information content (AvgIpc) is 3.17. The van der Waals surface area contributed by atoms with Crippen molar-refractivity contribution in [3.63, 3.8) is 0 Å². The second-order valence-electron chi connectivity index (χ2n) is 6.82. The van der Waals surface area contributed by atoms with Gasteiger partial charge in [-0.2, -0.15) is 0 Å². The predicted molar refractivity (Wildman–Crippen MR) is 110 cm³/mol. The number of sulfonamides is 1.